The zero-order valence-corrected chi connectivity index (χ0v) is 51.8. The molecule has 0 aromatic heterocycles. The van der Waals surface area contributed by atoms with Crippen LogP contribution in [0.1, 0.15) is 303 Å². The topological polar surface area (TPSA) is 149 Å². The van der Waals surface area contributed by atoms with Crippen LogP contribution in [0.3, 0.4) is 0 Å². The molecule has 0 aromatic carbocycles. The first kappa shape index (κ1) is 75.4. The van der Waals surface area contributed by atoms with E-state index in [-0.39, 0.29) is 12.5 Å². The molecule has 464 valence electrons. The van der Waals surface area contributed by atoms with Crippen molar-refractivity contribution < 1.29 is 39.8 Å². The van der Waals surface area contributed by atoms with Crippen molar-refractivity contribution in [3.8, 4) is 0 Å². The van der Waals surface area contributed by atoms with Crippen molar-refractivity contribution in [3.63, 3.8) is 0 Å². The number of allylic oxidation sites excluding steroid dienone is 13. The number of carbonyl (C=O) groups excluding carboxylic acids is 1. The Morgan fingerprint density at radius 2 is 0.787 bits per heavy atom. The fraction of sp³-hybridized carbons (Fsp3) is 0.789. The number of amides is 1. The number of unbranched alkanes of at least 4 members (excludes halogenated alkanes) is 36. The van der Waals surface area contributed by atoms with Gasteiger partial charge in [-0.25, -0.2) is 0 Å². The van der Waals surface area contributed by atoms with Gasteiger partial charge in [-0.15, -0.1) is 0 Å². The Hall–Kier alpha value is -2.63. The summed E-state index contributed by atoms with van der Waals surface area (Å²) in [6.07, 6.45) is 78.4. The van der Waals surface area contributed by atoms with E-state index in [4.69, 9.17) is 9.47 Å². The van der Waals surface area contributed by atoms with Crippen LogP contribution < -0.4 is 5.32 Å². The first-order valence-corrected chi connectivity index (χ1v) is 33.8. The van der Waals surface area contributed by atoms with Crippen LogP contribution >= 0.6 is 0 Å². The SMILES string of the molecule is CC/C=C\C/C=C\C/C=C\C/C=C\C/C=C\CCCCCCCCCCCCCCCCCCCCCCCCCCCC(=O)NC(COC1OC(CO)C(O)C(O)C1O)C(O)/C=C/CC/C=C/CCCCCCCCCCCC. The minimum absolute atomic E-state index is 0.183. The lowest BCUT2D eigenvalue weighted by atomic mass is 9.99. The maximum absolute atomic E-state index is 13.1. The molecule has 7 atom stereocenters. The molecule has 1 amide bonds. The van der Waals surface area contributed by atoms with Gasteiger partial charge in [-0.2, -0.15) is 0 Å². The van der Waals surface area contributed by atoms with Crippen molar-refractivity contribution >= 4 is 5.91 Å². The van der Waals surface area contributed by atoms with E-state index in [9.17, 15) is 30.3 Å². The monoisotopic (exact) mass is 1120 g/mol. The van der Waals surface area contributed by atoms with E-state index < -0.39 is 49.5 Å². The van der Waals surface area contributed by atoms with E-state index in [1.54, 1.807) is 6.08 Å². The van der Waals surface area contributed by atoms with E-state index in [2.05, 4.69) is 92.1 Å². The van der Waals surface area contributed by atoms with Gasteiger partial charge in [0.25, 0.3) is 0 Å². The van der Waals surface area contributed by atoms with Gasteiger partial charge in [0.15, 0.2) is 6.29 Å². The van der Waals surface area contributed by atoms with Gasteiger partial charge in [0.2, 0.25) is 5.91 Å². The van der Waals surface area contributed by atoms with E-state index in [1.165, 1.54) is 212 Å². The largest absolute Gasteiger partial charge is 0.394 e. The summed E-state index contributed by atoms with van der Waals surface area (Å²) in [5.41, 5.74) is 0. The van der Waals surface area contributed by atoms with E-state index in [1.807, 2.05) is 6.08 Å². The summed E-state index contributed by atoms with van der Waals surface area (Å²) in [5, 5.41) is 54.6. The quantitative estimate of drug-likeness (QED) is 0.0261. The van der Waals surface area contributed by atoms with Crippen molar-refractivity contribution in [2.24, 2.45) is 0 Å². The highest BCUT2D eigenvalue weighted by molar-refractivity contribution is 5.76. The summed E-state index contributed by atoms with van der Waals surface area (Å²) in [5.74, 6) is -0.183. The van der Waals surface area contributed by atoms with Gasteiger partial charge in [0.1, 0.15) is 24.4 Å². The zero-order chi connectivity index (χ0) is 57.9. The summed E-state index contributed by atoms with van der Waals surface area (Å²) >= 11 is 0. The van der Waals surface area contributed by atoms with Crippen LogP contribution in [0, 0.1) is 0 Å². The highest BCUT2D eigenvalue weighted by Gasteiger charge is 2.44. The second-order valence-corrected chi connectivity index (χ2v) is 23.2. The minimum Gasteiger partial charge on any atom is -0.394 e. The van der Waals surface area contributed by atoms with Gasteiger partial charge in [-0.05, 0) is 77.0 Å². The molecule has 7 unspecified atom stereocenters. The summed E-state index contributed by atoms with van der Waals surface area (Å²) in [7, 11) is 0. The van der Waals surface area contributed by atoms with Gasteiger partial charge in [-0.3, -0.25) is 4.79 Å². The number of carbonyl (C=O) groups is 1. The predicted molar refractivity (Wildman–Crippen MR) is 341 cm³/mol. The molecule has 0 spiro atoms. The molecular formula is C71H127NO8. The third kappa shape index (κ3) is 47.8. The molecule has 0 radical (unpaired) electrons. The second-order valence-electron chi connectivity index (χ2n) is 23.2. The smallest absolute Gasteiger partial charge is 0.220 e. The predicted octanol–water partition coefficient (Wildman–Crippen LogP) is 18.1. The first-order chi connectivity index (χ1) is 39.3. The third-order valence-corrected chi connectivity index (χ3v) is 15.7. The molecule has 1 aliphatic rings. The molecule has 0 bridgehead atoms. The Bertz CT molecular complexity index is 1540. The molecule has 0 saturated carbocycles. The molecular weight excluding hydrogens is 995 g/mol. The van der Waals surface area contributed by atoms with Gasteiger partial charge >= 0.3 is 0 Å². The van der Waals surface area contributed by atoms with Crippen molar-refractivity contribution in [2.45, 2.75) is 346 Å². The first-order valence-electron chi connectivity index (χ1n) is 33.8. The molecule has 1 fully saturated rings. The summed E-state index contributed by atoms with van der Waals surface area (Å²) in [6, 6.07) is -0.823. The number of hydrogen-bond acceptors (Lipinski definition) is 8. The lowest BCUT2D eigenvalue weighted by molar-refractivity contribution is -0.302. The second kappa shape index (κ2) is 59.5. The maximum Gasteiger partial charge on any atom is 0.220 e. The normalized spacial score (nSPS) is 19.0. The Balaban J connectivity index is 2.05. The van der Waals surface area contributed by atoms with Gasteiger partial charge < -0.3 is 40.3 Å². The van der Waals surface area contributed by atoms with Gasteiger partial charge in [0.05, 0.1) is 25.4 Å². The zero-order valence-electron chi connectivity index (χ0n) is 51.8. The molecule has 1 aliphatic heterocycles. The molecule has 1 heterocycles. The van der Waals surface area contributed by atoms with E-state index >= 15 is 0 Å². The van der Waals surface area contributed by atoms with Crippen molar-refractivity contribution in [2.75, 3.05) is 13.2 Å². The van der Waals surface area contributed by atoms with Crippen molar-refractivity contribution in [3.05, 3.63) is 85.1 Å². The standard InChI is InChI=1S/C71H127NO8/c1-3-5-7-9-11-13-15-17-19-21-22-23-24-25-26-27-28-29-30-31-32-33-34-35-36-37-38-39-40-41-42-43-44-45-47-49-51-53-55-57-59-61-67(75)72-64(63-79-71-70(78)69(77)68(76)66(62-73)80-71)65(74)60-58-56-54-52-50-48-46-20-18-16-14-12-10-8-6-4-2/h5,7,11,13,17,19,22-23,25-26,50,52,58,60,64-66,68-71,73-74,76-78H,3-4,6,8-10,12,14-16,18,20-21,24,27-49,51,53-57,59,61-63H2,1-2H3,(H,72,75)/b7-5-,13-11-,19-17-,23-22-,26-25-,52-50+,60-58+. The molecule has 6 N–H and O–H groups in total. The van der Waals surface area contributed by atoms with Crippen LogP contribution in [0.15, 0.2) is 85.1 Å². The molecule has 0 aliphatic carbocycles. The molecule has 9 heteroatoms. The lowest BCUT2D eigenvalue weighted by Crippen LogP contribution is -2.60. The number of aliphatic hydroxyl groups is 5. The molecule has 1 rings (SSSR count). The number of ether oxygens (including phenoxy) is 2. The van der Waals surface area contributed by atoms with Crippen molar-refractivity contribution in [1.29, 1.82) is 0 Å². The number of hydrogen-bond donors (Lipinski definition) is 6. The average molecular weight is 1120 g/mol. The average Bonchev–Trinajstić information content (AvgIpc) is 3.46. The number of rotatable bonds is 58. The summed E-state index contributed by atoms with van der Waals surface area (Å²) in [4.78, 5) is 13.1. The van der Waals surface area contributed by atoms with Crippen LogP contribution in [0.25, 0.3) is 0 Å². The highest BCUT2D eigenvalue weighted by atomic mass is 16.7. The molecule has 0 aromatic rings. The van der Waals surface area contributed by atoms with Crippen LogP contribution in [0.4, 0.5) is 0 Å². The fourth-order valence-electron chi connectivity index (χ4n) is 10.4. The van der Waals surface area contributed by atoms with Crippen LogP contribution in [-0.2, 0) is 14.3 Å². The van der Waals surface area contributed by atoms with Crippen LogP contribution in [0.5, 0.6) is 0 Å². The van der Waals surface area contributed by atoms with Crippen LogP contribution in [0.2, 0.25) is 0 Å². The molecule has 80 heavy (non-hydrogen) atoms. The Morgan fingerprint density at radius 3 is 1.20 bits per heavy atom. The molecule has 1 saturated heterocycles. The van der Waals surface area contributed by atoms with Gasteiger partial charge in [0, 0.05) is 6.42 Å². The van der Waals surface area contributed by atoms with Crippen LogP contribution in [-0.4, -0.2) is 87.5 Å². The van der Waals surface area contributed by atoms with E-state index in [0.717, 1.165) is 70.6 Å². The Kier molecular flexibility index (Phi) is 56.1. The minimum atomic E-state index is -1.57. The number of nitrogens with one attached hydrogen (secondary N) is 1. The summed E-state index contributed by atoms with van der Waals surface area (Å²) in [6.45, 7) is 3.66. The van der Waals surface area contributed by atoms with Gasteiger partial charge in [-0.1, -0.05) is 304 Å². The Morgan fingerprint density at radius 1 is 0.438 bits per heavy atom. The summed E-state index contributed by atoms with van der Waals surface area (Å²) < 4.78 is 11.3. The highest BCUT2D eigenvalue weighted by Crippen LogP contribution is 2.23. The lowest BCUT2D eigenvalue weighted by Gasteiger charge is -2.40. The van der Waals surface area contributed by atoms with Crippen molar-refractivity contribution in [1.82, 2.24) is 5.32 Å². The maximum atomic E-state index is 13.1. The number of aliphatic hydroxyl groups excluding tert-OH is 5. The molecule has 9 nitrogen and oxygen atoms in total. The third-order valence-electron chi connectivity index (χ3n) is 15.7. The van der Waals surface area contributed by atoms with E-state index in [0.29, 0.717) is 6.42 Å². The fourth-order valence-corrected chi connectivity index (χ4v) is 10.4. The Labute approximate surface area is 492 Å².